The van der Waals surface area contributed by atoms with E-state index in [1.807, 2.05) is 24.3 Å². The quantitative estimate of drug-likeness (QED) is 0.789. The predicted molar refractivity (Wildman–Crippen MR) is 68.8 cm³/mol. The number of nitrogens with two attached hydrogens (primary N) is 1. The van der Waals surface area contributed by atoms with Gasteiger partial charge < -0.3 is 20.2 Å². The van der Waals surface area contributed by atoms with Crippen LogP contribution in [0.15, 0.2) is 24.3 Å². The van der Waals surface area contributed by atoms with Gasteiger partial charge >= 0.3 is 5.97 Å². The summed E-state index contributed by atoms with van der Waals surface area (Å²) in [5.74, 6) is 0.0928. The highest BCUT2D eigenvalue weighted by molar-refractivity contribution is 6.00. The van der Waals surface area contributed by atoms with Crippen molar-refractivity contribution in [2.24, 2.45) is 5.73 Å². The molecule has 1 aromatic heterocycles. The monoisotopic (exact) mass is 248 g/mol. The van der Waals surface area contributed by atoms with Gasteiger partial charge in [-0.05, 0) is 19.1 Å². The topological polar surface area (TPSA) is 77.3 Å². The van der Waals surface area contributed by atoms with Crippen molar-refractivity contribution in [1.82, 2.24) is 4.98 Å². The van der Waals surface area contributed by atoms with E-state index in [4.69, 9.17) is 15.2 Å². The fourth-order valence-corrected chi connectivity index (χ4v) is 1.77. The number of benzene rings is 1. The van der Waals surface area contributed by atoms with Gasteiger partial charge in [0.1, 0.15) is 6.61 Å². The molecule has 2 aromatic rings. The average molecular weight is 248 g/mol. The highest BCUT2D eigenvalue weighted by atomic mass is 16.5. The van der Waals surface area contributed by atoms with Gasteiger partial charge in [-0.15, -0.1) is 0 Å². The number of aromatic amines is 1. The third-order valence-electron chi connectivity index (χ3n) is 2.50. The Morgan fingerprint density at radius 3 is 2.89 bits per heavy atom. The van der Waals surface area contributed by atoms with Crippen molar-refractivity contribution in [1.29, 1.82) is 0 Å². The van der Waals surface area contributed by atoms with Gasteiger partial charge in [-0.1, -0.05) is 12.1 Å². The first-order valence-corrected chi connectivity index (χ1v) is 5.88. The molecule has 0 aliphatic carbocycles. The normalized spacial score (nSPS) is 10.6. The number of fused-ring (bicyclic) bond motifs is 1. The molecule has 1 aromatic carbocycles. The minimum absolute atomic E-state index is 0.324. The molecule has 0 aliphatic heterocycles. The third-order valence-corrected chi connectivity index (χ3v) is 2.50. The number of rotatable bonds is 5. The van der Waals surface area contributed by atoms with Crippen LogP contribution in [0.5, 0.6) is 5.75 Å². The lowest BCUT2D eigenvalue weighted by molar-refractivity contribution is 0.0516. The molecule has 18 heavy (non-hydrogen) atoms. The van der Waals surface area contributed by atoms with Gasteiger partial charge in [0.25, 0.3) is 0 Å². The second-order valence-corrected chi connectivity index (χ2v) is 3.73. The molecule has 0 unspecified atom stereocenters. The molecule has 1 heterocycles. The van der Waals surface area contributed by atoms with E-state index in [-0.39, 0.29) is 0 Å². The van der Waals surface area contributed by atoms with Crippen molar-refractivity contribution < 1.29 is 14.3 Å². The summed E-state index contributed by atoms with van der Waals surface area (Å²) in [5, 5.41) is 0.856. The summed E-state index contributed by atoms with van der Waals surface area (Å²) < 4.78 is 10.5. The second kappa shape index (κ2) is 5.55. The molecule has 5 nitrogen and oxygen atoms in total. The Hall–Kier alpha value is -2.01. The summed E-state index contributed by atoms with van der Waals surface area (Å²) in [6, 6.07) is 7.55. The van der Waals surface area contributed by atoms with Crippen LogP contribution >= 0.6 is 0 Å². The molecule has 3 N–H and O–H groups in total. The molecule has 0 spiro atoms. The lowest BCUT2D eigenvalue weighted by Crippen LogP contribution is -2.13. The molecule has 0 aliphatic rings. The number of esters is 1. The first-order valence-electron chi connectivity index (χ1n) is 5.88. The van der Waals surface area contributed by atoms with E-state index in [1.54, 1.807) is 6.92 Å². The van der Waals surface area contributed by atoms with Gasteiger partial charge in [0.2, 0.25) is 0 Å². The molecule has 0 radical (unpaired) electrons. The number of hydrogen-bond donors (Lipinski definition) is 2. The number of H-pyrrole nitrogens is 1. The Morgan fingerprint density at radius 1 is 1.39 bits per heavy atom. The van der Waals surface area contributed by atoms with Crippen molar-refractivity contribution in [3.8, 4) is 5.75 Å². The van der Waals surface area contributed by atoms with Gasteiger partial charge in [-0.25, -0.2) is 4.79 Å². The van der Waals surface area contributed by atoms with Crippen molar-refractivity contribution in [3.63, 3.8) is 0 Å². The maximum Gasteiger partial charge on any atom is 0.358 e. The zero-order chi connectivity index (χ0) is 13.0. The van der Waals surface area contributed by atoms with Gasteiger partial charge in [0, 0.05) is 17.4 Å². The Labute approximate surface area is 105 Å². The van der Waals surface area contributed by atoms with Crippen LogP contribution in [-0.2, 0) is 4.74 Å². The molecule has 0 amide bonds. The summed E-state index contributed by atoms with van der Waals surface area (Å²) in [5.41, 5.74) is 6.60. The van der Waals surface area contributed by atoms with Crippen LogP contribution in [0.25, 0.3) is 10.9 Å². The average Bonchev–Trinajstić information content (AvgIpc) is 2.75. The zero-order valence-electron chi connectivity index (χ0n) is 10.2. The van der Waals surface area contributed by atoms with Crippen LogP contribution in [-0.4, -0.2) is 30.7 Å². The highest BCUT2D eigenvalue weighted by Crippen LogP contribution is 2.30. The van der Waals surface area contributed by atoms with Crippen LogP contribution < -0.4 is 10.5 Å². The Kier molecular flexibility index (Phi) is 3.84. The zero-order valence-corrected chi connectivity index (χ0v) is 10.2. The van der Waals surface area contributed by atoms with Crippen LogP contribution in [0.4, 0.5) is 0 Å². The van der Waals surface area contributed by atoms with Crippen molar-refractivity contribution in [2.45, 2.75) is 6.92 Å². The Bertz CT molecular complexity index is 548. The number of aromatic nitrogens is 1. The third kappa shape index (κ3) is 2.31. The SMILES string of the molecule is CCOC(=O)c1[nH]c2ccccc2c1OCCN. The van der Waals surface area contributed by atoms with Crippen molar-refractivity contribution >= 4 is 16.9 Å². The van der Waals surface area contributed by atoms with Crippen molar-refractivity contribution in [3.05, 3.63) is 30.0 Å². The van der Waals surface area contributed by atoms with Gasteiger partial charge in [-0.2, -0.15) is 0 Å². The number of carbonyl (C=O) groups is 1. The van der Waals surface area contributed by atoms with Crippen molar-refractivity contribution in [2.75, 3.05) is 19.8 Å². The van der Waals surface area contributed by atoms with E-state index >= 15 is 0 Å². The van der Waals surface area contributed by atoms with E-state index in [9.17, 15) is 4.79 Å². The fraction of sp³-hybridized carbons (Fsp3) is 0.308. The minimum atomic E-state index is -0.416. The summed E-state index contributed by atoms with van der Waals surface area (Å²) in [7, 11) is 0. The number of para-hydroxylation sites is 1. The van der Waals surface area contributed by atoms with E-state index in [2.05, 4.69) is 4.98 Å². The lowest BCUT2D eigenvalue weighted by atomic mass is 10.2. The molecular weight excluding hydrogens is 232 g/mol. The predicted octanol–water partition coefficient (Wildman–Crippen LogP) is 1.68. The van der Waals surface area contributed by atoms with Gasteiger partial charge in [0.15, 0.2) is 11.4 Å². The molecule has 0 atom stereocenters. The maximum absolute atomic E-state index is 11.8. The molecule has 0 saturated carbocycles. The molecule has 0 bridgehead atoms. The van der Waals surface area contributed by atoms with Gasteiger partial charge in [-0.3, -0.25) is 0 Å². The molecular formula is C13H16N2O3. The van der Waals surface area contributed by atoms with Crippen LogP contribution in [0.2, 0.25) is 0 Å². The summed E-state index contributed by atoms with van der Waals surface area (Å²) in [6.07, 6.45) is 0. The van der Waals surface area contributed by atoms with E-state index in [0.717, 1.165) is 10.9 Å². The summed E-state index contributed by atoms with van der Waals surface area (Å²) in [6.45, 7) is 2.83. The number of ether oxygens (including phenoxy) is 2. The molecule has 2 rings (SSSR count). The maximum atomic E-state index is 11.8. The standard InChI is InChI=1S/C13H16N2O3/c1-2-17-13(16)11-12(18-8-7-14)9-5-3-4-6-10(9)15-11/h3-6,15H,2,7-8,14H2,1H3. The molecule has 96 valence electrons. The van der Waals surface area contributed by atoms with Crippen LogP contribution in [0, 0.1) is 0 Å². The first kappa shape index (κ1) is 12.4. The molecule has 5 heteroatoms. The van der Waals surface area contributed by atoms with E-state index < -0.39 is 5.97 Å². The number of carbonyl (C=O) groups excluding carboxylic acids is 1. The summed E-state index contributed by atoms with van der Waals surface area (Å²) in [4.78, 5) is 14.9. The minimum Gasteiger partial charge on any atom is -0.489 e. The Morgan fingerprint density at radius 2 is 2.17 bits per heavy atom. The van der Waals surface area contributed by atoms with Gasteiger partial charge in [0.05, 0.1) is 6.61 Å². The number of nitrogens with one attached hydrogen (secondary N) is 1. The highest BCUT2D eigenvalue weighted by Gasteiger charge is 2.19. The van der Waals surface area contributed by atoms with Crippen LogP contribution in [0.1, 0.15) is 17.4 Å². The Balaban J connectivity index is 2.46. The molecule has 0 saturated heterocycles. The number of hydrogen-bond acceptors (Lipinski definition) is 4. The summed E-state index contributed by atoms with van der Waals surface area (Å²) >= 11 is 0. The first-order chi connectivity index (χ1) is 8.77. The van der Waals surface area contributed by atoms with E-state index in [0.29, 0.717) is 31.2 Å². The largest absolute Gasteiger partial charge is 0.489 e. The fourth-order valence-electron chi connectivity index (χ4n) is 1.77. The lowest BCUT2D eigenvalue weighted by Gasteiger charge is -2.06. The van der Waals surface area contributed by atoms with Crippen LogP contribution in [0.3, 0.4) is 0 Å². The second-order valence-electron chi connectivity index (χ2n) is 3.73. The van der Waals surface area contributed by atoms with E-state index in [1.165, 1.54) is 0 Å². The molecule has 0 fully saturated rings. The smallest absolute Gasteiger partial charge is 0.358 e.